The van der Waals surface area contributed by atoms with Crippen LogP contribution in [0.1, 0.15) is 49.9 Å². The fraction of sp³-hybridized carbons (Fsp3) is 0.474. The first-order valence-electron chi connectivity index (χ1n) is 8.59. The van der Waals surface area contributed by atoms with Gasteiger partial charge in [0, 0.05) is 31.5 Å². The lowest BCUT2D eigenvalue weighted by atomic mass is 10.0. The van der Waals surface area contributed by atoms with E-state index in [-0.39, 0.29) is 23.8 Å². The van der Waals surface area contributed by atoms with Gasteiger partial charge in [-0.2, -0.15) is 0 Å². The number of aliphatic hydroxyl groups is 1. The van der Waals surface area contributed by atoms with E-state index >= 15 is 0 Å². The second-order valence-electron chi connectivity index (χ2n) is 7.15. The lowest BCUT2D eigenvalue weighted by molar-refractivity contribution is -0.134. The van der Waals surface area contributed by atoms with Gasteiger partial charge in [0.05, 0.1) is 11.6 Å². The summed E-state index contributed by atoms with van der Waals surface area (Å²) < 4.78 is 9.59. The second-order valence-corrected chi connectivity index (χ2v) is 7.15. The van der Waals surface area contributed by atoms with E-state index in [4.69, 9.17) is 19.4 Å². The monoisotopic (exact) mass is 396 g/mol. The fourth-order valence-electron chi connectivity index (χ4n) is 2.33. The number of H-pyrrole nitrogens is 1. The summed E-state index contributed by atoms with van der Waals surface area (Å²) in [5.41, 5.74) is 1.04. The van der Waals surface area contributed by atoms with Crippen LogP contribution in [0.2, 0.25) is 0 Å². The summed E-state index contributed by atoms with van der Waals surface area (Å²) in [7, 11) is 1.42. The first-order valence-corrected chi connectivity index (χ1v) is 8.59. The number of methoxy groups -OCH3 is 1. The molecule has 0 aliphatic carbocycles. The van der Waals surface area contributed by atoms with Crippen LogP contribution in [0.15, 0.2) is 18.2 Å². The van der Waals surface area contributed by atoms with Crippen LogP contribution in [0.25, 0.3) is 10.9 Å². The van der Waals surface area contributed by atoms with Gasteiger partial charge in [-0.05, 0) is 38.5 Å². The summed E-state index contributed by atoms with van der Waals surface area (Å²) in [6, 6.07) is 4.69. The molecule has 0 aliphatic rings. The molecule has 1 aromatic heterocycles. The number of aliphatic carboxylic acids is 1. The minimum Gasteiger partial charge on any atom is -0.506 e. The highest BCUT2D eigenvalue weighted by Gasteiger charge is 2.20. The van der Waals surface area contributed by atoms with Gasteiger partial charge in [-0.25, -0.2) is 4.79 Å². The number of aromatic nitrogens is 1. The minimum atomic E-state index is -0.833. The first kappa shape index (κ1) is 23.4. The van der Waals surface area contributed by atoms with E-state index in [0.29, 0.717) is 23.0 Å². The maximum Gasteiger partial charge on any atom is 0.356 e. The number of fused-ring (bicyclic) bond motifs is 1. The van der Waals surface area contributed by atoms with Crippen LogP contribution >= 0.6 is 0 Å². The molecular formula is C19H28N2O7. The molecule has 1 aromatic carbocycles. The number of hydrogen-bond acceptors (Lipinski definition) is 7. The normalized spacial score (nSPS) is 12.2. The number of aliphatic hydroxyl groups excluding tert-OH is 1. The summed E-state index contributed by atoms with van der Waals surface area (Å²) in [4.78, 5) is 23.8. The summed E-state index contributed by atoms with van der Waals surface area (Å²) in [5.74, 6) is -1.43. The Morgan fingerprint density at radius 1 is 1.29 bits per heavy atom. The van der Waals surface area contributed by atoms with Crippen molar-refractivity contribution in [2.24, 2.45) is 0 Å². The van der Waals surface area contributed by atoms with E-state index in [1.54, 1.807) is 12.1 Å². The number of carboxylic acids is 1. The van der Waals surface area contributed by atoms with Gasteiger partial charge in [0.25, 0.3) is 5.97 Å². The Balaban J connectivity index is 0.000000892. The highest BCUT2D eigenvalue weighted by molar-refractivity contribution is 5.98. The zero-order valence-electron chi connectivity index (χ0n) is 16.7. The van der Waals surface area contributed by atoms with Crippen LogP contribution in [-0.4, -0.2) is 58.2 Å². The molecule has 5 N–H and O–H groups in total. The Kier molecular flexibility index (Phi) is 8.42. The van der Waals surface area contributed by atoms with Crippen molar-refractivity contribution in [1.29, 1.82) is 0 Å². The fourth-order valence-corrected chi connectivity index (χ4v) is 2.33. The lowest BCUT2D eigenvalue weighted by Gasteiger charge is -2.23. The first-order chi connectivity index (χ1) is 13.0. The average Bonchev–Trinajstić information content (AvgIpc) is 3.03. The van der Waals surface area contributed by atoms with E-state index in [1.165, 1.54) is 13.2 Å². The number of benzene rings is 1. The second kappa shape index (κ2) is 10.1. The van der Waals surface area contributed by atoms with Crippen LogP contribution in [0.4, 0.5) is 0 Å². The number of carboxylic acid groups (broad SMARTS) is 1. The molecule has 0 aliphatic heterocycles. The Labute approximate surface area is 163 Å². The molecule has 156 valence electrons. The summed E-state index contributed by atoms with van der Waals surface area (Å²) in [6.45, 7) is 7.29. The summed E-state index contributed by atoms with van der Waals surface area (Å²) >= 11 is 0. The molecule has 28 heavy (non-hydrogen) atoms. The van der Waals surface area contributed by atoms with Crippen molar-refractivity contribution >= 4 is 22.8 Å². The Hall–Kier alpha value is -2.62. The third kappa shape index (κ3) is 7.18. The third-order valence-electron chi connectivity index (χ3n) is 3.52. The van der Waals surface area contributed by atoms with E-state index in [1.807, 2.05) is 20.8 Å². The van der Waals surface area contributed by atoms with E-state index < -0.39 is 18.0 Å². The van der Waals surface area contributed by atoms with Gasteiger partial charge < -0.3 is 35.1 Å². The molecular weight excluding hydrogens is 368 g/mol. The number of phenolic OH excluding ortho intramolecular Hbond substituents is 1. The molecule has 0 saturated heterocycles. The van der Waals surface area contributed by atoms with Gasteiger partial charge >= 0.3 is 5.97 Å². The van der Waals surface area contributed by atoms with Crippen LogP contribution in [0.3, 0.4) is 0 Å². The number of nitrogens with one attached hydrogen (secondary N) is 2. The number of carbonyl (C=O) groups excluding carboxylic acids is 1. The molecule has 0 spiro atoms. The standard InChI is InChI=1S/C17H24N2O5.C2H4O2/c1-17(2,3)18-8-14(21)10-5-6-13(20)15-11(10)7-12(19-15)16(22)24-9-23-4;1-2(3)4/h5-7,14,18-21H,8-9H2,1-4H3;1H3,(H,3,4). The molecule has 0 bridgehead atoms. The topological polar surface area (TPSA) is 141 Å². The maximum absolute atomic E-state index is 11.9. The number of esters is 1. The SMILES string of the molecule is CC(=O)O.COCOC(=O)c1cc2c(C(O)CNC(C)(C)C)ccc(O)c2[nH]1. The van der Waals surface area contributed by atoms with E-state index in [2.05, 4.69) is 10.3 Å². The number of hydrogen-bond donors (Lipinski definition) is 5. The molecule has 0 fully saturated rings. The maximum atomic E-state index is 11.9. The predicted molar refractivity (Wildman–Crippen MR) is 103 cm³/mol. The number of ether oxygens (including phenoxy) is 2. The summed E-state index contributed by atoms with van der Waals surface area (Å²) in [5, 5.41) is 31.7. The van der Waals surface area contributed by atoms with Gasteiger partial charge in [-0.3, -0.25) is 4.79 Å². The van der Waals surface area contributed by atoms with Crippen molar-refractivity contribution in [3.05, 3.63) is 29.5 Å². The number of carbonyl (C=O) groups is 2. The highest BCUT2D eigenvalue weighted by atomic mass is 16.7. The molecule has 1 atom stereocenters. The highest BCUT2D eigenvalue weighted by Crippen LogP contribution is 2.31. The zero-order chi connectivity index (χ0) is 21.5. The molecule has 0 radical (unpaired) electrons. The van der Waals surface area contributed by atoms with Gasteiger partial charge in [-0.1, -0.05) is 6.07 Å². The van der Waals surface area contributed by atoms with Gasteiger partial charge in [-0.15, -0.1) is 0 Å². The van der Waals surface area contributed by atoms with Gasteiger partial charge in [0.15, 0.2) is 6.79 Å². The van der Waals surface area contributed by atoms with Gasteiger partial charge in [0.1, 0.15) is 11.4 Å². The number of aromatic amines is 1. The van der Waals surface area contributed by atoms with Crippen molar-refractivity contribution in [2.45, 2.75) is 39.3 Å². The Morgan fingerprint density at radius 2 is 1.89 bits per heavy atom. The third-order valence-corrected chi connectivity index (χ3v) is 3.52. The van der Waals surface area contributed by atoms with Crippen LogP contribution in [0.5, 0.6) is 5.75 Å². The molecule has 1 heterocycles. The minimum absolute atomic E-state index is 0.00415. The molecule has 1 unspecified atom stereocenters. The smallest absolute Gasteiger partial charge is 0.356 e. The molecule has 2 rings (SSSR count). The molecule has 9 heteroatoms. The van der Waals surface area contributed by atoms with Crippen molar-refractivity contribution in [3.8, 4) is 5.75 Å². The van der Waals surface area contributed by atoms with Crippen molar-refractivity contribution in [2.75, 3.05) is 20.4 Å². The largest absolute Gasteiger partial charge is 0.506 e. The Bertz CT molecular complexity index is 804. The van der Waals surface area contributed by atoms with Crippen molar-refractivity contribution < 1.29 is 34.4 Å². The predicted octanol–water partition coefficient (Wildman–Crippen LogP) is 2.15. The molecule has 0 saturated carbocycles. The molecule has 9 nitrogen and oxygen atoms in total. The number of aromatic hydroxyl groups is 1. The van der Waals surface area contributed by atoms with Crippen LogP contribution in [0, 0.1) is 0 Å². The number of rotatable bonds is 6. The Morgan fingerprint density at radius 3 is 2.43 bits per heavy atom. The van der Waals surface area contributed by atoms with Crippen molar-refractivity contribution in [1.82, 2.24) is 10.3 Å². The summed E-state index contributed by atoms with van der Waals surface area (Å²) in [6.07, 6.45) is -0.786. The lowest BCUT2D eigenvalue weighted by Crippen LogP contribution is -2.38. The van der Waals surface area contributed by atoms with E-state index in [0.717, 1.165) is 6.92 Å². The average molecular weight is 396 g/mol. The van der Waals surface area contributed by atoms with Crippen molar-refractivity contribution in [3.63, 3.8) is 0 Å². The zero-order valence-corrected chi connectivity index (χ0v) is 16.7. The quantitative estimate of drug-likeness (QED) is 0.369. The molecule has 0 amide bonds. The van der Waals surface area contributed by atoms with Crippen LogP contribution < -0.4 is 5.32 Å². The van der Waals surface area contributed by atoms with E-state index in [9.17, 15) is 15.0 Å². The number of β-amino-alcohol motifs (C(OH)–C–C–N with tert-alkyl or cyclic N) is 1. The van der Waals surface area contributed by atoms with Crippen LogP contribution in [-0.2, 0) is 14.3 Å². The molecule has 2 aromatic rings. The number of phenols is 1. The van der Waals surface area contributed by atoms with Gasteiger partial charge in [0.2, 0.25) is 0 Å².